The number of hydrogen-bond donors (Lipinski definition) is 2. The van der Waals surface area contributed by atoms with Gasteiger partial charge >= 0.3 is 5.97 Å². The molecule has 2 unspecified atom stereocenters. The monoisotopic (exact) mass is 206 g/mol. The van der Waals surface area contributed by atoms with E-state index in [-0.39, 0.29) is 24.2 Å². The highest BCUT2D eigenvalue weighted by atomic mass is 16.4. The summed E-state index contributed by atoms with van der Waals surface area (Å²) in [5.74, 6) is -1.65. The first-order valence-electron chi connectivity index (χ1n) is 4.61. The van der Waals surface area contributed by atoms with Crippen LogP contribution in [-0.4, -0.2) is 22.7 Å². The Balaban J connectivity index is 2.26. The minimum absolute atomic E-state index is 0.139. The van der Waals surface area contributed by atoms with Crippen molar-refractivity contribution in [1.29, 1.82) is 0 Å². The van der Waals surface area contributed by atoms with Crippen molar-refractivity contribution in [3.05, 3.63) is 24.3 Å². The maximum Gasteiger partial charge on any atom is 0.309 e. The molecule has 0 radical (unpaired) electrons. The highest BCUT2D eigenvalue weighted by Crippen LogP contribution is 2.25. The van der Waals surface area contributed by atoms with E-state index in [1.54, 1.807) is 18.2 Å². The third kappa shape index (κ3) is 1.81. The van der Waals surface area contributed by atoms with Crippen LogP contribution in [0.25, 0.3) is 0 Å². The minimum atomic E-state index is -0.938. The molecule has 0 fully saturated rings. The summed E-state index contributed by atoms with van der Waals surface area (Å²) in [6, 6.07) is 0. The third-order valence-corrected chi connectivity index (χ3v) is 2.46. The van der Waals surface area contributed by atoms with Crippen LogP contribution >= 0.6 is 0 Å². The van der Waals surface area contributed by atoms with E-state index in [9.17, 15) is 9.59 Å². The molecule has 0 saturated carbocycles. The molecule has 1 heterocycles. The first-order chi connectivity index (χ1) is 7.18. The van der Waals surface area contributed by atoms with Gasteiger partial charge in [-0.2, -0.15) is 5.10 Å². The number of carboxylic acid groups (broad SMARTS) is 1. The molecule has 2 N–H and O–H groups in total. The first-order valence-corrected chi connectivity index (χ1v) is 4.61. The lowest BCUT2D eigenvalue weighted by molar-refractivity contribution is -0.136. The quantitative estimate of drug-likeness (QED) is 0.682. The molecular weight excluding hydrogens is 196 g/mol. The molecule has 2 aliphatic rings. The Morgan fingerprint density at radius 2 is 2.07 bits per heavy atom. The van der Waals surface area contributed by atoms with Crippen molar-refractivity contribution in [3.63, 3.8) is 0 Å². The molecule has 1 aliphatic heterocycles. The molecule has 0 aromatic heterocycles. The van der Waals surface area contributed by atoms with Crippen LogP contribution in [0.1, 0.15) is 6.42 Å². The van der Waals surface area contributed by atoms with E-state index in [4.69, 9.17) is 5.11 Å². The van der Waals surface area contributed by atoms with Crippen molar-refractivity contribution < 1.29 is 14.7 Å². The van der Waals surface area contributed by atoms with E-state index < -0.39 is 5.97 Å². The van der Waals surface area contributed by atoms with Gasteiger partial charge in [0.25, 0.3) is 0 Å². The Labute approximate surface area is 86.2 Å². The number of amides is 1. The zero-order chi connectivity index (χ0) is 10.8. The fraction of sp³-hybridized carbons (Fsp3) is 0.300. The van der Waals surface area contributed by atoms with Crippen LogP contribution in [0.15, 0.2) is 29.4 Å². The number of nitrogens with zero attached hydrogens (tertiary/aromatic N) is 1. The molecular formula is C10H10N2O3. The molecule has 0 aromatic carbocycles. The molecule has 0 bridgehead atoms. The van der Waals surface area contributed by atoms with E-state index in [0.717, 1.165) is 0 Å². The normalized spacial score (nSPS) is 28.0. The summed E-state index contributed by atoms with van der Waals surface area (Å²) < 4.78 is 0. The number of allylic oxidation sites excluding steroid dienone is 3. The van der Waals surface area contributed by atoms with Gasteiger partial charge in [-0.15, -0.1) is 0 Å². The molecule has 1 amide bonds. The molecule has 0 aromatic rings. The van der Waals surface area contributed by atoms with Crippen molar-refractivity contribution in [2.75, 3.05) is 0 Å². The number of aliphatic carboxylic acids is 1. The number of nitrogens with one attached hydrogen (secondary N) is 1. The summed E-state index contributed by atoms with van der Waals surface area (Å²) in [4.78, 5) is 22.0. The zero-order valence-corrected chi connectivity index (χ0v) is 7.88. The summed E-state index contributed by atoms with van der Waals surface area (Å²) in [6.07, 6.45) is 7.02. The lowest BCUT2D eigenvalue weighted by Gasteiger charge is -2.27. The number of hydrogen-bond acceptors (Lipinski definition) is 3. The molecule has 15 heavy (non-hydrogen) atoms. The van der Waals surface area contributed by atoms with Crippen LogP contribution in [-0.2, 0) is 9.59 Å². The Hall–Kier alpha value is -1.91. The second kappa shape index (κ2) is 3.68. The van der Waals surface area contributed by atoms with E-state index >= 15 is 0 Å². The van der Waals surface area contributed by atoms with Gasteiger partial charge in [-0.3, -0.25) is 9.59 Å². The highest BCUT2D eigenvalue weighted by Gasteiger charge is 2.33. The van der Waals surface area contributed by atoms with Gasteiger partial charge in [-0.25, -0.2) is 5.43 Å². The molecule has 2 rings (SSSR count). The van der Waals surface area contributed by atoms with Crippen LogP contribution in [0.4, 0.5) is 0 Å². The van der Waals surface area contributed by atoms with E-state index in [2.05, 4.69) is 10.5 Å². The zero-order valence-electron chi connectivity index (χ0n) is 7.88. The molecule has 0 saturated heterocycles. The Morgan fingerprint density at radius 3 is 2.73 bits per heavy atom. The fourth-order valence-corrected chi connectivity index (χ4v) is 1.76. The molecule has 78 valence electrons. The van der Waals surface area contributed by atoms with Crippen molar-refractivity contribution >= 4 is 17.6 Å². The molecule has 2 atom stereocenters. The smallest absolute Gasteiger partial charge is 0.309 e. The maximum absolute atomic E-state index is 11.4. The lowest BCUT2D eigenvalue weighted by atomic mass is 9.82. The Morgan fingerprint density at radius 1 is 1.40 bits per heavy atom. The van der Waals surface area contributed by atoms with Crippen LogP contribution in [0.2, 0.25) is 0 Å². The number of carbonyl (C=O) groups excluding carboxylic acids is 1. The summed E-state index contributed by atoms with van der Waals surface area (Å²) in [5.41, 5.74) is 2.83. The summed E-state index contributed by atoms with van der Waals surface area (Å²) in [6.45, 7) is 0. The summed E-state index contributed by atoms with van der Waals surface area (Å²) >= 11 is 0. The number of hydrazone groups is 1. The lowest BCUT2D eigenvalue weighted by Crippen LogP contribution is -2.41. The van der Waals surface area contributed by atoms with Crippen LogP contribution < -0.4 is 5.43 Å². The second-order valence-corrected chi connectivity index (χ2v) is 3.47. The van der Waals surface area contributed by atoms with Gasteiger partial charge in [0.2, 0.25) is 5.91 Å². The van der Waals surface area contributed by atoms with Gasteiger partial charge in [0, 0.05) is 5.92 Å². The van der Waals surface area contributed by atoms with E-state index in [0.29, 0.717) is 5.71 Å². The third-order valence-electron chi connectivity index (χ3n) is 2.46. The number of fused-ring (bicyclic) bond motifs is 1. The van der Waals surface area contributed by atoms with Crippen molar-refractivity contribution in [1.82, 2.24) is 5.43 Å². The standard InChI is InChI=1S/C10H10N2O3/c13-9(14)5-8-6-3-1-2-4-7(6)10(15)12-11-8/h1-4,6-7H,5H2,(H,12,15)(H,13,14). The van der Waals surface area contributed by atoms with Gasteiger partial charge in [0.05, 0.1) is 18.1 Å². The van der Waals surface area contributed by atoms with Gasteiger partial charge in [0.1, 0.15) is 0 Å². The molecule has 5 nitrogen and oxygen atoms in total. The molecule has 0 spiro atoms. The molecule has 5 heteroatoms. The number of rotatable bonds is 2. The predicted molar refractivity (Wildman–Crippen MR) is 53.1 cm³/mol. The highest BCUT2D eigenvalue weighted by molar-refractivity contribution is 6.05. The van der Waals surface area contributed by atoms with E-state index in [1.807, 2.05) is 6.08 Å². The first kappa shape index (κ1) is 9.64. The van der Waals surface area contributed by atoms with Gasteiger partial charge in [-0.05, 0) is 0 Å². The predicted octanol–water partition coefficient (Wildman–Crippen LogP) is 0.305. The minimum Gasteiger partial charge on any atom is -0.481 e. The van der Waals surface area contributed by atoms with Gasteiger partial charge < -0.3 is 5.11 Å². The maximum atomic E-state index is 11.4. The summed E-state index contributed by atoms with van der Waals surface area (Å²) in [5, 5.41) is 12.5. The average Bonchev–Trinajstić information content (AvgIpc) is 2.22. The Bertz CT molecular complexity index is 395. The van der Waals surface area contributed by atoms with E-state index in [1.165, 1.54) is 0 Å². The summed E-state index contributed by atoms with van der Waals surface area (Å²) in [7, 11) is 0. The molecule has 1 aliphatic carbocycles. The number of carbonyl (C=O) groups is 2. The van der Waals surface area contributed by atoms with Crippen LogP contribution in [0.3, 0.4) is 0 Å². The Kier molecular flexibility index (Phi) is 2.37. The largest absolute Gasteiger partial charge is 0.481 e. The van der Waals surface area contributed by atoms with Crippen LogP contribution in [0, 0.1) is 11.8 Å². The topological polar surface area (TPSA) is 78.8 Å². The average molecular weight is 206 g/mol. The number of carboxylic acids is 1. The van der Waals surface area contributed by atoms with Crippen molar-refractivity contribution in [2.45, 2.75) is 6.42 Å². The van der Waals surface area contributed by atoms with Crippen LogP contribution in [0.5, 0.6) is 0 Å². The SMILES string of the molecule is O=C(O)CC1=NNC(=O)C2C=CC=CC12. The second-order valence-electron chi connectivity index (χ2n) is 3.47. The van der Waals surface area contributed by atoms with Gasteiger partial charge in [0.15, 0.2) is 0 Å². The van der Waals surface area contributed by atoms with Crippen molar-refractivity contribution in [2.24, 2.45) is 16.9 Å². The fourth-order valence-electron chi connectivity index (χ4n) is 1.76. The van der Waals surface area contributed by atoms with Crippen molar-refractivity contribution in [3.8, 4) is 0 Å². The van der Waals surface area contributed by atoms with Gasteiger partial charge in [-0.1, -0.05) is 24.3 Å².